The summed E-state index contributed by atoms with van der Waals surface area (Å²) in [5, 5.41) is 9.44. The van der Waals surface area contributed by atoms with E-state index in [2.05, 4.69) is 44.8 Å². The van der Waals surface area contributed by atoms with Crippen molar-refractivity contribution in [2.75, 3.05) is 0 Å². The first kappa shape index (κ1) is 11.8. The number of hydrogen-bond donors (Lipinski definition) is 1. The van der Waals surface area contributed by atoms with Gasteiger partial charge in [0.25, 0.3) is 0 Å². The number of halogens is 1. The van der Waals surface area contributed by atoms with Gasteiger partial charge in [-0.2, -0.15) is 0 Å². The van der Waals surface area contributed by atoms with Gasteiger partial charge in [-0.1, -0.05) is 5.16 Å². The van der Waals surface area contributed by atoms with E-state index in [1.165, 1.54) is 4.88 Å². The van der Waals surface area contributed by atoms with Crippen LogP contribution in [0.1, 0.15) is 29.3 Å². The van der Waals surface area contributed by atoms with Gasteiger partial charge in [0, 0.05) is 28.0 Å². The van der Waals surface area contributed by atoms with Crippen molar-refractivity contribution in [3.8, 4) is 0 Å². The molecule has 2 heterocycles. The zero-order valence-corrected chi connectivity index (χ0v) is 11.6. The second-order valence-electron chi connectivity index (χ2n) is 3.66. The third-order valence-electron chi connectivity index (χ3n) is 2.30. The Hall–Kier alpha value is -0.650. The summed E-state index contributed by atoms with van der Waals surface area (Å²) >= 11 is 5.28. The predicted octanol–water partition coefficient (Wildman–Crippen LogP) is 3.66. The Kier molecular flexibility index (Phi) is 3.78. The highest BCUT2D eigenvalue weighted by molar-refractivity contribution is 9.10. The average molecular weight is 301 g/mol. The van der Waals surface area contributed by atoms with Gasteiger partial charge in [0.15, 0.2) is 0 Å². The van der Waals surface area contributed by atoms with Crippen LogP contribution < -0.4 is 5.32 Å². The van der Waals surface area contributed by atoms with Gasteiger partial charge in [-0.25, -0.2) is 0 Å². The van der Waals surface area contributed by atoms with Gasteiger partial charge >= 0.3 is 0 Å². The molecule has 0 saturated carbocycles. The third kappa shape index (κ3) is 2.72. The number of rotatable bonds is 4. The van der Waals surface area contributed by atoms with Crippen LogP contribution in [0.15, 0.2) is 26.5 Å². The van der Waals surface area contributed by atoms with E-state index in [-0.39, 0.29) is 0 Å². The molecule has 0 amide bonds. The lowest BCUT2D eigenvalue weighted by Crippen LogP contribution is -2.17. The maximum atomic E-state index is 5.01. The topological polar surface area (TPSA) is 38.1 Å². The minimum atomic E-state index is 0.311. The number of nitrogens with one attached hydrogen (secondary N) is 1. The lowest BCUT2D eigenvalue weighted by Gasteiger charge is -2.11. The number of hydrogen-bond acceptors (Lipinski definition) is 4. The van der Waals surface area contributed by atoms with Crippen LogP contribution in [0.4, 0.5) is 0 Å². The van der Waals surface area contributed by atoms with Gasteiger partial charge in [-0.15, -0.1) is 11.3 Å². The van der Waals surface area contributed by atoms with Gasteiger partial charge in [0.05, 0.1) is 5.69 Å². The van der Waals surface area contributed by atoms with Crippen LogP contribution in [0.25, 0.3) is 0 Å². The third-order valence-corrected chi connectivity index (χ3v) is 4.36. The van der Waals surface area contributed by atoms with E-state index in [0.29, 0.717) is 6.04 Å². The van der Waals surface area contributed by atoms with E-state index >= 15 is 0 Å². The second kappa shape index (κ2) is 5.12. The van der Waals surface area contributed by atoms with Crippen LogP contribution >= 0.6 is 27.3 Å². The van der Waals surface area contributed by atoms with Gasteiger partial charge in [-0.05, 0) is 41.2 Å². The zero-order chi connectivity index (χ0) is 11.5. The fourth-order valence-corrected chi connectivity index (χ4v) is 3.22. The molecular weight excluding hydrogens is 288 g/mol. The van der Waals surface area contributed by atoms with Crippen LogP contribution in [0, 0.1) is 6.92 Å². The van der Waals surface area contributed by atoms with Crippen molar-refractivity contribution < 1.29 is 4.52 Å². The van der Waals surface area contributed by atoms with Gasteiger partial charge < -0.3 is 9.84 Å². The van der Waals surface area contributed by atoms with Crippen LogP contribution in [-0.2, 0) is 6.54 Å². The lowest BCUT2D eigenvalue weighted by molar-refractivity contribution is 0.386. The van der Waals surface area contributed by atoms with Crippen molar-refractivity contribution in [3.63, 3.8) is 0 Å². The standard InChI is InChI=1S/C11H13BrN2OS/c1-7-5-9(14-15-7)6-13-8(2)11-10(12)3-4-16-11/h3-5,8,13H,6H2,1-2H3. The van der Waals surface area contributed by atoms with E-state index < -0.39 is 0 Å². The van der Waals surface area contributed by atoms with Gasteiger partial charge in [0.2, 0.25) is 0 Å². The molecule has 86 valence electrons. The molecule has 1 unspecified atom stereocenters. The van der Waals surface area contributed by atoms with E-state index in [0.717, 1.165) is 22.5 Å². The molecule has 0 aliphatic heterocycles. The van der Waals surface area contributed by atoms with Crippen molar-refractivity contribution in [1.82, 2.24) is 10.5 Å². The Morgan fingerprint density at radius 1 is 1.62 bits per heavy atom. The molecule has 2 rings (SSSR count). The van der Waals surface area contributed by atoms with Crippen LogP contribution in [0.3, 0.4) is 0 Å². The average Bonchev–Trinajstić information content (AvgIpc) is 2.84. The van der Waals surface area contributed by atoms with E-state index in [4.69, 9.17) is 4.52 Å². The Bertz CT molecular complexity index is 466. The first-order valence-corrected chi connectivity index (χ1v) is 6.72. The zero-order valence-electron chi connectivity index (χ0n) is 9.16. The highest BCUT2D eigenvalue weighted by Crippen LogP contribution is 2.28. The molecule has 0 bridgehead atoms. The predicted molar refractivity (Wildman–Crippen MR) is 68.5 cm³/mol. The molecule has 0 aromatic carbocycles. The first-order chi connectivity index (χ1) is 7.66. The number of thiophene rings is 1. The number of aryl methyl sites for hydroxylation is 1. The molecule has 0 fully saturated rings. The molecule has 2 aromatic heterocycles. The number of aromatic nitrogens is 1. The maximum absolute atomic E-state index is 5.01. The summed E-state index contributed by atoms with van der Waals surface area (Å²) in [6, 6.07) is 4.33. The molecule has 5 heteroatoms. The molecule has 0 aliphatic carbocycles. The fraction of sp³-hybridized carbons (Fsp3) is 0.364. The largest absolute Gasteiger partial charge is 0.361 e. The molecule has 0 aliphatic rings. The SMILES string of the molecule is Cc1cc(CNC(C)c2sccc2Br)no1. The van der Waals surface area contributed by atoms with Crippen molar-refractivity contribution in [3.05, 3.63) is 38.3 Å². The molecule has 0 saturated heterocycles. The lowest BCUT2D eigenvalue weighted by atomic mass is 10.2. The molecule has 1 atom stereocenters. The summed E-state index contributed by atoms with van der Waals surface area (Å²) in [5.74, 6) is 0.849. The van der Waals surface area contributed by atoms with Crippen molar-refractivity contribution in [1.29, 1.82) is 0 Å². The molecule has 16 heavy (non-hydrogen) atoms. The van der Waals surface area contributed by atoms with Gasteiger partial charge in [-0.3, -0.25) is 0 Å². The Balaban J connectivity index is 1.93. The highest BCUT2D eigenvalue weighted by Gasteiger charge is 2.10. The van der Waals surface area contributed by atoms with E-state index in [1.807, 2.05) is 13.0 Å². The normalized spacial score (nSPS) is 12.9. The summed E-state index contributed by atoms with van der Waals surface area (Å²) in [7, 11) is 0. The van der Waals surface area contributed by atoms with Gasteiger partial charge in [0.1, 0.15) is 5.76 Å². The monoisotopic (exact) mass is 300 g/mol. The molecule has 3 nitrogen and oxygen atoms in total. The second-order valence-corrected chi connectivity index (χ2v) is 5.47. The van der Waals surface area contributed by atoms with Crippen molar-refractivity contribution in [2.45, 2.75) is 26.4 Å². The summed E-state index contributed by atoms with van der Waals surface area (Å²) < 4.78 is 6.18. The summed E-state index contributed by atoms with van der Waals surface area (Å²) in [6.45, 7) is 4.77. The quantitative estimate of drug-likeness (QED) is 0.936. The summed E-state index contributed by atoms with van der Waals surface area (Å²) in [6.07, 6.45) is 0. The molecule has 0 spiro atoms. The molecule has 1 N–H and O–H groups in total. The number of nitrogens with zero attached hydrogens (tertiary/aromatic N) is 1. The highest BCUT2D eigenvalue weighted by atomic mass is 79.9. The maximum Gasteiger partial charge on any atom is 0.133 e. The Morgan fingerprint density at radius 2 is 2.44 bits per heavy atom. The molecule has 0 radical (unpaired) electrons. The Morgan fingerprint density at radius 3 is 3.00 bits per heavy atom. The van der Waals surface area contributed by atoms with E-state index in [9.17, 15) is 0 Å². The molecular formula is C11H13BrN2OS. The van der Waals surface area contributed by atoms with Crippen molar-refractivity contribution in [2.24, 2.45) is 0 Å². The van der Waals surface area contributed by atoms with Crippen LogP contribution in [0.5, 0.6) is 0 Å². The van der Waals surface area contributed by atoms with Crippen LogP contribution in [0.2, 0.25) is 0 Å². The summed E-state index contributed by atoms with van der Waals surface area (Å²) in [5.41, 5.74) is 0.942. The fourth-order valence-electron chi connectivity index (χ4n) is 1.47. The first-order valence-electron chi connectivity index (χ1n) is 5.05. The Labute approximate surface area is 107 Å². The summed E-state index contributed by atoms with van der Waals surface area (Å²) in [4.78, 5) is 1.31. The minimum Gasteiger partial charge on any atom is -0.361 e. The minimum absolute atomic E-state index is 0.311. The van der Waals surface area contributed by atoms with Crippen molar-refractivity contribution >= 4 is 27.3 Å². The molecule has 2 aromatic rings. The van der Waals surface area contributed by atoms with E-state index in [1.54, 1.807) is 11.3 Å². The van der Waals surface area contributed by atoms with Crippen LogP contribution in [-0.4, -0.2) is 5.16 Å². The smallest absolute Gasteiger partial charge is 0.133 e.